The molecule has 5 aromatic rings. The van der Waals surface area contributed by atoms with Gasteiger partial charge in [0.1, 0.15) is 23.3 Å². The summed E-state index contributed by atoms with van der Waals surface area (Å²) in [5.41, 5.74) is 7.59. The Morgan fingerprint density at radius 2 is 1.82 bits per heavy atom. The van der Waals surface area contributed by atoms with Crippen LogP contribution in [0.3, 0.4) is 0 Å². The van der Waals surface area contributed by atoms with Gasteiger partial charge >= 0.3 is 0 Å². The molecule has 0 radical (unpaired) electrons. The number of rotatable bonds is 6. The van der Waals surface area contributed by atoms with Crippen molar-refractivity contribution in [1.29, 1.82) is 5.26 Å². The number of para-hydroxylation sites is 1. The molecule has 3 N–H and O–H groups in total. The maximum Gasteiger partial charge on any atom is 0.266 e. The molecule has 0 unspecified atom stereocenters. The standard InChI is InChI=1S/C27H22N8O3S/c1-16(32-24-18(14-28)15-31-27(29)34-24)25-33-21-10-6-9-20(17-11-12-30-22(13-17)39(2,37)38)23(21)26(36)35(25)19-7-4-3-5-8-19/h3-13,15-16H,1-2H3,(H3,29,31,32,34)/t16-/m0/s1. The number of nitrogens with zero attached hydrogens (tertiary/aromatic N) is 6. The molecule has 0 aliphatic heterocycles. The first kappa shape index (κ1) is 25.5. The Kier molecular flexibility index (Phi) is 6.51. The van der Waals surface area contributed by atoms with E-state index in [0.29, 0.717) is 33.5 Å². The number of anilines is 2. The number of aromatic nitrogens is 5. The lowest BCUT2D eigenvalue weighted by Crippen LogP contribution is -2.28. The highest BCUT2D eigenvalue weighted by atomic mass is 32.2. The fourth-order valence-electron chi connectivity index (χ4n) is 4.24. The van der Waals surface area contributed by atoms with Crippen molar-refractivity contribution in [3.05, 3.63) is 94.8 Å². The molecule has 0 aliphatic rings. The van der Waals surface area contributed by atoms with E-state index in [1.807, 2.05) is 12.1 Å². The van der Waals surface area contributed by atoms with Gasteiger partial charge in [0.25, 0.3) is 5.56 Å². The van der Waals surface area contributed by atoms with E-state index in [1.54, 1.807) is 55.5 Å². The molecule has 0 bridgehead atoms. The molecule has 11 nitrogen and oxygen atoms in total. The third-order valence-corrected chi connectivity index (χ3v) is 7.02. The van der Waals surface area contributed by atoms with Crippen LogP contribution < -0.4 is 16.6 Å². The molecule has 0 fully saturated rings. The first-order chi connectivity index (χ1) is 18.7. The Bertz CT molecular complexity index is 1930. The number of benzene rings is 2. The van der Waals surface area contributed by atoms with Crippen LogP contribution in [0.1, 0.15) is 24.4 Å². The molecule has 194 valence electrons. The van der Waals surface area contributed by atoms with Gasteiger partial charge in [-0.3, -0.25) is 9.36 Å². The first-order valence-corrected chi connectivity index (χ1v) is 13.6. The summed E-state index contributed by atoms with van der Waals surface area (Å²) >= 11 is 0. The van der Waals surface area contributed by atoms with Gasteiger partial charge in [-0.05, 0) is 48.4 Å². The fourth-order valence-corrected chi connectivity index (χ4v) is 4.84. The van der Waals surface area contributed by atoms with Gasteiger partial charge in [-0.1, -0.05) is 30.3 Å². The van der Waals surface area contributed by atoms with Gasteiger partial charge in [0.05, 0.1) is 28.8 Å². The second kappa shape index (κ2) is 9.96. The highest BCUT2D eigenvalue weighted by Gasteiger charge is 2.22. The zero-order valence-corrected chi connectivity index (χ0v) is 21.7. The van der Waals surface area contributed by atoms with Gasteiger partial charge in [0.2, 0.25) is 5.95 Å². The number of nitrogen functional groups attached to an aromatic ring is 1. The van der Waals surface area contributed by atoms with Gasteiger partial charge in [0.15, 0.2) is 14.9 Å². The Hall–Kier alpha value is -5.15. The second-order valence-electron chi connectivity index (χ2n) is 8.77. The Balaban J connectivity index is 1.76. The van der Waals surface area contributed by atoms with Gasteiger partial charge in [-0.2, -0.15) is 10.2 Å². The third-order valence-electron chi connectivity index (χ3n) is 6.03. The summed E-state index contributed by atoms with van der Waals surface area (Å²) in [6.45, 7) is 1.79. The summed E-state index contributed by atoms with van der Waals surface area (Å²) in [5.74, 6) is 0.569. The monoisotopic (exact) mass is 538 g/mol. The van der Waals surface area contributed by atoms with Crippen molar-refractivity contribution < 1.29 is 8.42 Å². The van der Waals surface area contributed by atoms with Crippen molar-refractivity contribution in [3.8, 4) is 22.9 Å². The maximum absolute atomic E-state index is 14.2. The van der Waals surface area contributed by atoms with Crippen molar-refractivity contribution in [2.45, 2.75) is 18.0 Å². The quantitative estimate of drug-likeness (QED) is 0.327. The van der Waals surface area contributed by atoms with E-state index in [-0.39, 0.29) is 27.9 Å². The second-order valence-corrected chi connectivity index (χ2v) is 10.7. The minimum atomic E-state index is -3.56. The van der Waals surface area contributed by atoms with Crippen molar-refractivity contribution in [2.24, 2.45) is 0 Å². The molecule has 0 spiro atoms. The van der Waals surface area contributed by atoms with Gasteiger partial charge in [-0.15, -0.1) is 0 Å². The number of fused-ring (bicyclic) bond motifs is 1. The predicted octanol–water partition coefficient (Wildman–Crippen LogP) is 3.27. The number of nitrogens with one attached hydrogen (secondary N) is 1. The molecule has 12 heteroatoms. The maximum atomic E-state index is 14.2. The molecular weight excluding hydrogens is 516 g/mol. The molecule has 3 heterocycles. The van der Waals surface area contributed by atoms with E-state index in [1.165, 1.54) is 23.0 Å². The number of pyridine rings is 1. The molecule has 1 atom stereocenters. The Morgan fingerprint density at radius 1 is 1.05 bits per heavy atom. The van der Waals surface area contributed by atoms with Crippen LogP contribution in [0.5, 0.6) is 0 Å². The van der Waals surface area contributed by atoms with Crippen molar-refractivity contribution in [2.75, 3.05) is 17.3 Å². The van der Waals surface area contributed by atoms with Crippen molar-refractivity contribution in [3.63, 3.8) is 0 Å². The summed E-state index contributed by atoms with van der Waals surface area (Å²) < 4.78 is 25.8. The molecule has 0 saturated carbocycles. The van der Waals surface area contributed by atoms with Crippen LogP contribution >= 0.6 is 0 Å². The molecule has 0 saturated heterocycles. The van der Waals surface area contributed by atoms with Gasteiger partial charge < -0.3 is 11.1 Å². The average molecular weight is 539 g/mol. The van der Waals surface area contributed by atoms with Crippen LogP contribution in [0.4, 0.5) is 11.8 Å². The van der Waals surface area contributed by atoms with Crippen LogP contribution in [-0.4, -0.2) is 39.2 Å². The topological polar surface area (TPSA) is 170 Å². The molecule has 39 heavy (non-hydrogen) atoms. The number of sulfone groups is 1. The van der Waals surface area contributed by atoms with Crippen molar-refractivity contribution >= 4 is 32.5 Å². The summed E-state index contributed by atoms with van der Waals surface area (Å²) in [5, 5.41) is 12.9. The van der Waals surface area contributed by atoms with Gasteiger partial charge in [0, 0.05) is 12.5 Å². The average Bonchev–Trinajstić information content (AvgIpc) is 2.93. The summed E-state index contributed by atoms with van der Waals surface area (Å²) in [6, 6.07) is 18.7. The lowest BCUT2D eigenvalue weighted by molar-refractivity contribution is 0.598. The lowest BCUT2D eigenvalue weighted by atomic mass is 10.0. The minimum absolute atomic E-state index is 0.00826. The van der Waals surface area contributed by atoms with Crippen LogP contribution in [-0.2, 0) is 9.84 Å². The fraction of sp³-hybridized carbons (Fsp3) is 0.111. The summed E-state index contributed by atoms with van der Waals surface area (Å²) in [7, 11) is -3.56. The van der Waals surface area contributed by atoms with Crippen LogP contribution in [0.15, 0.2) is 82.9 Å². The number of nitriles is 1. The van der Waals surface area contributed by atoms with Crippen LogP contribution in [0.25, 0.3) is 27.7 Å². The van der Waals surface area contributed by atoms with Crippen LogP contribution in [0, 0.1) is 11.3 Å². The highest BCUT2D eigenvalue weighted by molar-refractivity contribution is 7.90. The van der Waals surface area contributed by atoms with E-state index in [0.717, 1.165) is 6.26 Å². The molecule has 2 aromatic carbocycles. The van der Waals surface area contributed by atoms with Crippen LogP contribution in [0.2, 0.25) is 0 Å². The highest BCUT2D eigenvalue weighted by Crippen LogP contribution is 2.29. The molecule has 0 amide bonds. The smallest absolute Gasteiger partial charge is 0.266 e. The zero-order valence-electron chi connectivity index (χ0n) is 20.9. The molecule has 0 aliphatic carbocycles. The Labute approximate surface area is 223 Å². The SMILES string of the molecule is C[C@H](Nc1nc(N)ncc1C#N)c1nc2cccc(-c3ccnc(S(C)(=O)=O)c3)c2c(=O)n1-c1ccccc1. The predicted molar refractivity (Wildman–Crippen MR) is 147 cm³/mol. The van der Waals surface area contributed by atoms with E-state index in [4.69, 9.17) is 10.7 Å². The summed E-state index contributed by atoms with van der Waals surface area (Å²) in [4.78, 5) is 31.0. The van der Waals surface area contributed by atoms with Gasteiger partial charge in [-0.25, -0.2) is 23.4 Å². The van der Waals surface area contributed by atoms with Crippen molar-refractivity contribution in [1.82, 2.24) is 24.5 Å². The summed E-state index contributed by atoms with van der Waals surface area (Å²) in [6.07, 6.45) is 3.80. The third kappa shape index (κ3) is 4.90. The number of nitrogens with two attached hydrogens (primary N) is 1. The van der Waals surface area contributed by atoms with E-state index in [9.17, 15) is 18.5 Å². The molecular formula is C27H22N8O3S. The molecule has 5 rings (SSSR count). The van der Waals surface area contributed by atoms with E-state index >= 15 is 0 Å². The normalized spacial score (nSPS) is 12.1. The molecule has 3 aromatic heterocycles. The largest absolute Gasteiger partial charge is 0.368 e. The lowest BCUT2D eigenvalue weighted by Gasteiger charge is -2.21. The van der Waals surface area contributed by atoms with E-state index < -0.39 is 15.9 Å². The number of hydrogen-bond donors (Lipinski definition) is 2. The zero-order chi connectivity index (χ0) is 27.7. The van der Waals surface area contributed by atoms with E-state index in [2.05, 4.69) is 20.3 Å². The minimum Gasteiger partial charge on any atom is -0.368 e. The number of hydrogen-bond acceptors (Lipinski definition) is 10. The first-order valence-electron chi connectivity index (χ1n) is 11.7. The Morgan fingerprint density at radius 3 is 2.54 bits per heavy atom.